The minimum Gasteiger partial charge on any atom is -0.376 e. The highest BCUT2D eigenvalue weighted by molar-refractivity contribution is 7.21. The van der Waals surface area contributed by atoms with Crippen LogP contribution in [0.2, 0.25) is 0 Å². The van der Waals surface area contributed by atoms with Crippen molar-refractivity contribution < 1.29 is 9.59 Å². The number of thiophene rings is 1. The Morgan fingerprint density at radius 2 is 2.04 bits per heavy atom. The van der Waals surface area contributed by atoms with E-state index in [0.29, 0.717) is 28.7 Å². The monoisotopic (exact) mass is 370 g/mol. The van der Waals surface area contributed by atoms with E-state index in [1.807, 2.05) is 25.3 Å². The highest BCUT2D eigenvalue weighted by Crippen LogP contribution is 2.44. The van der Waals surface area contributed by atoms with E-state index in [1.54, 1.807) is 6.20 Å². The molecule has 1 aliphatic heterocycles. The number of carbonyl (C=O) groups excluding carboxylic acids is 2. The lowest BCUT2D eigenvalue weighted by Crippen LogP contribution is -2.38. The number of aliphatic imine (C=N–C) groups is 1. The van der Waals surface area contributed by atoms with E-state index in [4.69, 9.17) is 4.99 Å². The van der Waals surface area contributed by atoms with E-state index in [-0.39, 0.29) is 5.78 Å². The molecule has 0 N–H and O–H groups in total. The average molecular weight is 370 g/mol. The minimum atomic E-state index is 0.0865. The number of aromatic nitrogens is 1. The molecule has 2 aromatic rings. The number of anilines is 1. The van der Waals surface area contributed by atoms with Crippen LogP contribution in [0.3, 0.4) is 0 Å². The van der Waals surface area contributed by atoms with Gasteiger partial charge < -0.3 is 9.80 Å². The van der Waals surface area contributed by atoms with Crippen LogP contribution in [0.15, 0.2) is 11.2 Å². The standard InChI is InChI=1S/C19H22N4O2S/c1-22(2)17-12(10-24)8-20-19-15(17)16-18(26-19)14(25)9-23(11-21-16)13-6-4-3-5-7-13/h8,10-11,13H,3-7,9H2,1-2H3. The first kappa shape index (κ1) is 17.1. The van der Waals surface area contributed by atoms with Gasteiger partial charge in [-0.2, -0.15) is 0 Å². The summed E-state index contributed by atoms with van der Waals surface area (Å²) in [6, 6.07) is 0.397. The number of ketones is 1. The van der Waals surface area contributed by atoms with Crippen LogP contribution in [0.4, 0.5) is 11.4 Å². The Hall–Kier alpha value is -2.28. The number of pyridine rings is 1. The SMILES string of the molecule is CN(C)c1c(C=O)cnc2sc3c(c12)N=CN(C1CCCCC1)CC3=O. The van der Waals surface area contributed by atoms with Crippen LogP contribution in [0.25, 0.3) is 10.2 Å². The molecule has 26 heavy (non-hydrogen) atoms. The van der Waals surface area contributed by atoms with Crippen molar-refractivity contribution in [2.75, 3.05) is 25.5 Å². The van der Waals surface area contributed by atoms with Crippen molar-refractivity contribution in [2.24, 2.45) is 4.99 Å². The maximum absolute atomic E-state index is 12.9. The molecule has 0 unspecified atom stereocenters. The zero-order valence-corrected chi connectivity index (χ0v) is 15.9. The van der Waals surface area contributed by atoms with Gasteiger partial charge in [0, 0.05) is 26.3 Å². The molecule has 1 aliphatic carbocycles. The zero-order valence-electron chi connectivity index (χ0n) is 15.1. The van der Waals surface area contributed by atoms with Gasteiger partial charge in [0.25, 0.3) is 0 Å². The van der Waals surface area contributed by atoms with Crippen molar-refractivity contribution in [1.82, 2.24) is 9.88 Å². The quantitative estimate of drug-likeness (QED) is 0.772. The highest BCUT2D eigenvalue weighted by atomic mass is 32.1. The molecule has 1 fully saturated rings. The molecule has 4 rings (SSSR count). The van der Waals surface area contributed by atoms with E-state index < -0.39 is 0 Å². The Balaban J connectivity index is 1.84. The third-order valence-corrected chi connectivity index (χ3v) is 6.36. The van der Waals surface area contributed by atoms with Gasteiger partial charge >= 0.3 is 0 Å². The Morgan fingerprint density at radius 1 is 1.27 bits per heavy atom. The number of hydrogen-bond donors (Lipinski definition) is 0. The first-order chi connectivity index (χ1) is 12.6. The first-order valence-corrected chi connectivity index (χ1v) is 9.83. The van der Waals surface area contributed by atoms with Crippen molar-refractivity contribution >= 4 is 51.3 Å². The van der Waals surface area contributed by atoms with E-state index in [1.165, 1.54) is 30.6 Å². The summed E-state index contributed by atoms with van der Waals surface area (Å²) in [5.41, 5.74) is 1.95. The maximum Gasteiger partial charge on any atom is 0.194 e. The molecule has 0 spiro atoms. The van der Waals surface area contributed by atoms with Crippen molar-refractivity contribution in [3.05, 3.63) is 16.6 Å². The molecule has 6 nitrogen and oxygen atoms in total. The van der Waals surface area contributed by atoms with Gasteiger partial charge in [-0.15, -0.1) is 11.3 Å². The van der Waals surface area contributed by atoms with Crippen LogP contribution in [-0.4, -0.2) is 55.0 Å². The minimum absolute atomic E-state index is 0.0865. The van der Waals surface area contributed by atoms with Gasteiger partial charge in [-0.05, 0) is 12.8 Å². The molecule has 2 aliphatic rings. The zero-order chi connectivity index (χ0) is 18.3. The van der Waals surface area contributed by atoms with Crippen LogP contribution in [-0.2, 0) is 0 Å². The van der Waals surface area contributed by atoms with Gasteiger partial charge in [0.15, 0.2) is 12.1 Å². The number of hydrogen-bond acceptors (Lipinski definition) is 7. The number of nitrogens with zero attached hydrogens (tertiary/aromatic N) is 4. The number of carbonyl (C=O) groups is 2. The normalized spacial score (nSPS) is 18.1. The van der Waals surface area contributed by atoms with Crippen LogP contribution in [0.1, 0.15) is 52.1 Å². The van der Waals surface area contributed by atoms with Gasteiger partial charge in [-0.3, -0.25) is 9.59 Å². The lowest BCUT2D eigenvalue weighted by molar-refractivity contribution is 0.0946. The molecular weight excluding hydrogens is 348 g/mol. The number of rotatable bonds is 3. The molecule has 0 saturated heterocycles. The Labute approximate surface area is 156 Å². The molecule has 1 saturated carbocycles. The maximum atomic E-state index is 12.9. The van der Waals surface area contributed by atoms with E-state index in [9.17, 15) is 9.59 Å². The topological polar surface area (TPSA) is 65.9 Å². The van der Waals surface area contributed by atoms with Gasteiger partial charge in [-0.25, -0.2) is 9.98 Å². The van der Waals surface area contributed by atoms with Crippen molar-refractivity contribution in [3.63, 3.8) is 0 Å². The highest BCUT2D eigenvalue weighted by Gasteiger charge is 2.29. The lowest BCUT2D eigenvalue weighted by atomic mass is 9.94. The third kappa shape index (κ3) is 2.80. The summed E-state index contributed by atoms with van der Waals surface area (Å²) in [7, 11) is 3.78. The largest absolute Gasteiger partial charge is 0.376 e. The number of aldehydes is 1. The summed E-state index contributed by atoms with van der Waals surface area (Å²) in [4.78, 5) is 38.9. The second-order valence-corrected chi connectivity index (χ2v) is 8.17. The number of Topliss-reactive ketones (excluding diaryl/α,β-unsaturated/α-hetero) is 1. The molecule has 3 heterocycles. The molecule has 0 amide bonds. The van der Waals surface area contributed by atoms with Crippen LogP contribution >= 0.6 is 11.3 Å². The Kier molecular flexibility index (Phi) is 4.48. The van der Waals surface area contributed by atoms with Crippen LogP contribution in [0, 0.1) is 0 Å². The number of fused-ring (bicyclic) bond motifs is 3. The summed E-state index contributed by atoms with van der Waals surface area (Å²) in [6.45, 7) is 0.367. The average Bonchev–Trinajstić information content (AvgIpc) is 2.95. The van der Waals surface area contributed by atoms with Gasteiger partial charge in [0.2, 0.25) is 0 Å². The smallest absolute Gasteiger partial charge is 0.194 e. The Morgan fingerprint density at radius 3 is 2.73 bits per heavy atom. The van der Waals surface area contributed by atoms with Crippen LogP contribution < -0.4 is 4.90 Å². The predicted octanol–water partition coefficient (Wildman–Crippen LogP) is 3.67. The summed E-state index contributed by atoms with van der Waals surface area (Å²) in [5.74, 6) is 0.0865. The summed E-state index contributed by atoms with van der Waals surface area (Å²) >= 11 is 1.38. The second kappa shape index (κ2) is 6.79. The molecule has 0 atom stereocenters. The predicted molar refractivity (Wildman–Crippen MR) is 105 cm³/mol. The first-order valence-electron chi connectivity index (χ1n) is 9.01. The third-order valence-electron chi connectivity index (χ3n) is 5.23. The van der Waals surface area contributed by atoms with Gasteiger partial charge in [-0.1, -0.05) is 19.3 Å². The fraction of sp³-hybridized carbons (Fsp3) is 0.474. The van der Waals surface area contributed by atoms with E-state index in [2.05, 4.69) is 9.88 Å². The lowest BCUT2D eigenvalue weighted by Gasteiger charge is -2.31. The van der Waals surface area contributed by atoms with E-state index in [0.717, 1.165) is 35.0 Å². The Bertz CT molecular complexity index is 897. The van der Waals surface area contributed by atoms with Crippen molar-refractivity contribution in [1.29, 1.82) is 0 Å². The van der Waals surface area contributed by atoms with Gasteiger partial charge in [0.05, 0.1) is 35.2 Å². The summed E-state index contributed by atoms with van der Waals surface area (Å²) < 4.78 is 0. The van der Waals surface area contributed by atoms with Crippen molar-refractivity contribution in [3.8, 4) is 0 Å². The molecule has 0 aromatic carbocycles. The van der Waals surface area contributed by atoms with Crippen molar-refractivity contribution in [2.45, 2.75) is 38.1 Å². The fourth-order valence-electron chi connectivity index (χ4n) is 3.98. The molecule has 0 radical (unpaired) electrons. The van der Waals surface area contributed by atoms with Gasteiger partial charge in [0.1, 0.15) is 9.71 Å². The second-order valence-electron chi connectivity index (χ2n) is 7.17. The molecule has 0 bridgehead atoms. The molecular formula is C19H22N4O2S. The molecule has 2 aromatic heterocycles. The van der Waals surface area contributed by atoms with Crippen LogP contribution in [0.5, 0.6) is 0 Å². The fourth-order valence-corrected chi connectivity index (χ4v) is 5.00. The molecule has 136 valence electrons. The van der Waals surface area contributed by atoms with E-state index >= 15 is 0 Å². The summed E-state index contributed by atoms with van der Waals surface area (Å²) in [6.07, 6.45) is 10.2. The summed E-state index contributed by atoms with van der Waals surface area (Å²) in [5, 5.41) is 0.801. The molecule has 7 heteroatoms.